The average molecular weight is 497 g/mol. The first-order chi connectivity index (χ1) is 16.9. The van der Waals surface area contributed by atoms with Gasteiger partial charge in [0.2, 0.25) is 10.0 Å². The van der Waals surface area contributed by atoms with Crippen LogP contribution in [-0.2, 0) is 21.9 Å². The van der Waals surface area contributed by atoms with Crippen LogP contribution >= 0.6 is 0 Å². The molecule has 184 valence electrons. The van der Waals surface area contributed by atoms with E-state index in [0.717, 1.165) is 30.4 Å². The average Bonchev–Trinajstić information content (AvgIpc) is 3.29. The number of piperidine rings is 1. The molecule has 35 heavy (non-hydrogen) atoms. The van der Waals surface area contributed by atoms with E-state index in [0.29, 0.717) is 18.8 Å². The number of hydrogen-bond donors (Lipinski definition) is 2. The number of benzene rings is 2. The third kappa shape index (κ3) is 5.72. The number of para-hydroxylation sites is 1. The lowest BCUT2D eigenvalue weighted by Gasteiger charge is -2.25. The first kappa shape index (κ1) is 24.5. The Morgan fingerprint density at radius 3 is 2.37 bits per heavy atom. The maximum Gasteiger partial charge on any atom is 0.286 e. The minimum absolute atomic E-state index is 0.0548. The SMILES string of the molecule is Cn1cc(S(=O)(=O)N2CCCCC2)cc1C(=O)NNC(=O)COc1ccccc1-c1ccccc1. The van der Waals surface area contributed by atoms with Gasteiger partial charge >= 0.3 is 0 Å². The van der Waals surface area contributed by atoms with Gasteiger partial charge in [-0.1, -0.05) is 55.0 Å². The number of hydrazine groups is 1. The van der Waals surface area contributed by atoms with Crippen molar-refractivity contribution in [2.45, 2.75) is 24.2 Å². The van der Waals surface area contributed by atoms with Crippen LogP contribution in [0.3, 0.4) is 0 Å². The van der Waals surface area contributed by atoms with Crippen LogP contribution in [0, 0.1) is 0 Å². The van der Waals surface area contributed by atoms with Crippen LogP contribution in [0.2, 0.25) is 0 Å². The Hall–Kier alpha value is -3.63. The molecule has 0 spiro atoms. The van der Waals surface area contributed by atoms with Gasteiger partial charge in [-0.15, -0.1) is 0 Å². The number of ether oxygens (including phenoxy) is 1. The van der Waals surface area contributed by atoms with Gasteiger partial charge < -0.3 is 9.30 Å². The highest BCUT2D eigenvalue weighted by molar-refractivity contribution is 7.89. The van der Waals surface area contributed by atoms with Crippen molar-refractivity contribution in [2.24, 2.45) is 7.05 Å². The first-order valence-corrected chi connectivity index (χ1v) is 12.8. The second-order valence-electron chi connectivity index (χ2n) is 8.29. The molecule has 0 saturated carbocycles. The fourth-order valence-electron chi connectivity index (χ4n) is 3.97. The van der Waals surface area contributed by atoms with E-state index >= 15 is 0 Å². The summed E-state index contributed by atoms with van der Waals surface area (Å²) in [5, 5.41) is 0. The minimum Gasteiger partial charge on any atom is -0.483 e. The molecule has 0 atom stereocenters. The first-order valence-electron chi connectivity index (χ1n) is 11.4. The number of aryl methyl sites for hydroxylation is 1. The van der Waals surface area contributed by atoms with Gasteiger partial charge in [0.15, 0.2) is 6.61 Å². The van der Waals surface area contributed by atoms with Gasteiger partial charge in [0.25, 0.3) is 11.8 Å². The zero-order valence-electron chi connectivity index (χ0n) is 19.4. The zero-order valence-corrected chi connectivity index (χ0v) is 20.3. The maximum atomic E-state index is 12.9. The van der Waals surface area contributed by atoms with Gasteiger partial charge in [0, 0.05) is 31.9 Å². The Balaban J connectivity index is 1.35. The highest BCUT2D eigenvalue weighted by Crippen LogP contribution is 2.29. The number of aromatic nitrogens is 1. The number of carbonyl (C=O) groups is 2. The standard InChI is InChI=1S/C25H28N4O5S/c1-28-17-20(35(32,33)29-14-8-3-9-15-29)16-22(28)25(31)27-26-24(30)18-34-23-13-7-6-12-21(23)19-10-4-2-5-11-19/h2,4-7,10-13,16-17H,3,8-9,14-15,18H2,1H3,(H,26,30)(H,27,31). The van der Waals surface area contributed by atoms with Crippen LogP contribution in [0.15, 0.2) is 71.8 Å². The zero-order chi connectivity index (χ0) is 24.8. The third-order valence-corrected chi connectivity index (χ3v) is 7.68. The molecule has 2 aromatic carbocycles. The normalized spacial score (nSPS) is 14.3. The van der Waals surface area contributed by atoms with Crippen molar-refractivity contribution in [2.75, 3.05) is 19.7 Å². The highest BCUT2D eigenvalue weighted by atomic mass is 32.2. The number of carbonyl (C=O) groups excluding carboxylic acids is 2. The molecule has 0 radical (unpaired) electrons. The van der Waals surface area contributed by atoms with E-state index in [2.05, 4.69) is 10.9 Å². The lowest BCUT2D eigenvalue weighted by molar-refractivity contribution is -0.123. The predicted octanol–water partition coefficient (Wildman–Crippen LogP) is 2.71. The van der Waals surface area contributed by atoms with Crippen LogP contribution < -0.4 is 15.6 Å². The lowest BCUT2D eigenvalue weighted by atomic mass is 10.1. The molecule has 1 saturated heterocycles. The number of hydrogen-bond acceptors (Lipinski definition) is 5. The molecule has 0 bridgehead atoms. The Morgan fingerprint density at radius 2 is 1.63 bits per heavy atom. The van der Waals surface area contributed by atoms with Crippen molar-refractivity contribution >= 4 is 21.8 Å². The van der Waals surface area contributed by atoms with Crippen LogP contribution in [0.1, 0.15) is 29.8 Å². The fraction of sp³-hybridized carbons (Fsp3) is 0.280. The van der Waals surface area contributed by atoms with Crippen molar-refractivity contribution < 1.29 is 22.7 Å². The van der Waals surface area contributed by atoms with E-state index in [4.69, 9.17) is 4.74 Å². The molecule has 9 nitrogen and oxygen atoms in total. The predicted molar refractivity (Wildman–Crippen MR) is 131 cm³/mol. The number of sulfonamides is 1. The Morgan fingerprint density at radius 1 is 0.943 bits per heavy atom. The van der Waals surface area contributed by atoms with E-state index in [1.807, 2.05) is 48.5 Å². The maximum absolute atomic E-state index is 12.9. The summed E-state index contributed by atoms with van der Waals surface area (Å²) in [4.78, 5) is 25.0. The number of nitrogens with one attached hydrogen (secondary N) is 2. The molecular weight excluding hydrogens is 468 g/mol. The fourth-order valence-corrected chi connectivity index (χ4v) is 5.56. The molecule has 1 aliphatic rings. The van der Waals surface area contributed by atoms with E-state index in [-0.39, 0.29) is 17.2 Å². The Bertz CT molecular complexity index is 1300. The molecule has 2 N–H and O–H groups in total. The molecule has 10 heteroatoms. The van der Waals surface area contributed by atoms with Crippen molar-refractivity contribution in [1.82, 2.24) is 19.7 Å². The summed E-state index contributed by atoms with van der Waals surface area (Å²) >= 11 is 0. The Labute approximate surface area is 204 Å². The molecule has 2 amide bonds. The summed E-state index contributed by atoms with van der Waals surface area (Å²) in [7, 11) is -2.09. The smallest absolute Gasteiger partial charge is 0.286 e. The summed E-state index contributed by atoms with van der Waals surface area (Å²) in [5.74, 6) is -0.655. The molecule has 3 aromatic rings. The molecule has 1 fully saturated rings. The van der Waals surface area contributed by atoms with Crippen LogP contribution in [0.4, 0.5) is 0 Å². The number of amides is 2. The quantitative estimate of drug-likeness (QED) is 0.489. The number of rotatable bonds is 7. The topological polar surface area (TPSA) is 110 Å². The molecule has 0 unspecified atom stereocenters. The van der Waals surface area contributed by atoms with Crippen molar-refractivity contribution in [3.05, 3.63) is 72.6 Å². The van der Waals surface area contributed by atoms with Crippen LogP contribution in [0.5, 0.6) is 5.75 Å². The summed E-state index contributed by atoms with van der Waals surface area (Å²) in [6.07, 6.45) is 4.06. The molecule has 1 aromatic heterocycles. The van der Waals surface area contributed by atoms with Gasteiger partial charge in [-0.3, -0.25) is 20.4 Å². The summed E-state index contributed by atoms with van der Waals surface area (Å²) in [6, 6.07) is 18.3. The second kappa shape index (κ2) is 10.7. The molecular formula is C25H28N4O5S. The van der Waals surface area contributed by atoms with E-state index in [1.54, 1.807) is 13.1 Å². The third-order valence-electron chi connectivity index (χ3n) is 5.81. The van der Waals surface area contributed by atoms with Crippen LogP contribution in [-0.4, -0.2) is 48.8 Å². The lowest BCUT2D eigenvalue weighted by Crippen LogP contribution is -2.44. The van der Waals surface area contributed by atoms with E-state index in [1.165, 1.54) is 21.1 Å². The van der Waals surface area contributed by atoms with Crippen molar-refractivity contribution in [3.8, 4) is 16.9 Å². The summed E-state index contributed by atoms with van der Waals surface area (Å²) in [5.41, 5.74) is 6.54. The minimum atomic E-state index is -3.67. The molecule has 2 heterocycles. The van der Waals surface area contributed by atoms with Crippen molar-refractivity contribution in [1.29, 1.82) is 0 Å². The summed E-state index contributed by atoms with van der Waals surface area (Å²) < 4.78 is 34.3. The molecule has 1 aliphatic heterocycles. The van der Waals surface area contributed by atoms with E-state index < -0.39 is 21.8 Å². The van der Waals surface area contributed by atoms with Gasteiger partial charge in [-0.05, 0) is 30.5 Å². The Kier molecular flexibility index (Phi) is 7.52. The second-order valence-corrected chi connectivity index (χ2v) is 10.2. The molecule has 0 aliphatic carbocycles. The van der Waals surface area contributed by atoms with Gasteiger partial charge in [-0.25, -0.2) is 8.42 Å². The summed E-state index contributed by atoms with van der Waals surface area (Å²) in [6.45, 7) is 0.635. The highest BCUT2D eigenvalue weighted by Gasteiger charge is 2.28. The van der Waals surface area contributed by atoms with Crippen LogP contribution in [0.25, 0.3) is 11.1 Å². The van der Waals surface area contributed by atoms with Gasteiger partial charge in [-0.2, -0.15) is 4.31 Å². The largest absolute Gasteiger partial charge is 0.483 e. The number of nitrogens with zero attached hydrogens (tertiary/aromatic N) is 2. The molecule has 4 rings (SSSR count). The van der Waals surface area contributed by atoms with E-state index in [9.17, 15) is 18.0 Å². The van der Waals surface area contributed by atoms with Gasteiger partial charge in [0.05, 0.1) is 0 Å². The van der Waals surface area contributed by atoms with Crippen molar-refractivity contribution in [3.63, 3.8) is 0 Å². The van der Waals surface area contributed by atoms with Gasteiger partial charge in [0.1, 0.15) is 16.3 Å². The monoisotopic (exact) mass is 496 g/mol.